The highest BCUT2D eigenvalue weighted by Crippen LogP contribution is 2.37. The lowest BCUT2D eigenvalue weighted by Crippen LogP contribution is -2.63. The standard InChI is InChI=1S/C42H64FN5O9/c1-16-56-38(54)29(18-20-32(49)50)44-35(51)25(4)21-31(24(2)3)47(14)37(53)33(40(5,6)7)45-36(52)34(48(15)39(55)57-41(8,9)10)42(11,12)28-23-46(13)30-19-17-26(43)22-27(28)30/h17,19,21-24,29,31,33-34H,16,18,20H2,1-15H3,(H,44,51)(H,45,52)(H,49,50)/b25-21+/t29-,31-,33-,34-/m1/s1. The second kappa shape index (κ2) is 19.0. The number of fused-ring (bicyclic) bond motifs is 1. The summed E-state index contributed by atoms with van der Waals surface area (Å²) in [6.45, 7) is 20.9. The van der Waals surface area contributed by atoms with E-state index in [1.807, 2.05) is 18.4 Å². The van der Waals surface area contributed by atoms with Crippen molar-refractivity contribution in [2.75, 3.05) is 20.7 Å². The number of hydrogen-bond acceptors (Lipinski definition) is 8. The first-order chi connectivity index (χ1) is 26.0. The quantitative estimate of drug-likeness (QED) is 0.142. The van der Waals surface area contributed by atoms with E-state index >= 15 is 0 Å². The zero-order valence-corrected chi connectivity index (χ0v) is 36.3. The van der Waals surface area contributed by atoms with Gasteiger partial charge in [0.25, 0.3) is 0 Å². The molecule has 318 valence electrons. The first-order valence-electron chi connectivity index (χ1n) is 19.2. The molecule has 3 N–H and O–H groups in total. The Hall–Kier alpha value is -4.95. The third-order valence-electron chi connectivity index (χ3n) is 9.83. The second-order valence-corrected chi connectivity index (χ2v) is 17.6. The molecule has 0 aliphatic heterocycles. The minimum Gasteiger partial charge on any atom is -0.481 e. The predicted molar refractivity (Wildman–Crippen MR) is 216 cm³/mol. The van der Waals surface area contributed by atoms with Crippen molar-refractivity contribution in [3.05, 3.63) is 47.4 Å². The molecule has 4 atom stereocenters. The number of carbonyl (C=O) groups excluding carboxylic acids is 5. The molecule has 1 heterocycles. The number of halogens is 1. The minimum atomic E-state index is -1.26. The Morgan fingerprint density at radius 2 is 1.56 bits per heavy atom. The van der Waals surface area contributed by atoms with Gasteiger partial charge in [0.15, 0.2) is 0 Å². The third-order valence-corrected chi connectivity index (χ3v) is 9.83. The van der Waals surface area contributed by atoms with Crippen molar-refractivity contribution in [2.24, 2.45) is 18.4 Å². The van der Waals surface area contributed by atoms with Crippen molar-refractivity contribution in [3.8, 4) is 0 Å². The highest BCUT2D eigenvalue weighted by molar-refractivity contribution is 5.97. The van der Waals surface area contributed by atoms with Gasteiger partial charge in [0.2, 0.25) is 17.7 Å². The Morgan fingerprint density at radius 3 is 2.07 bits per heavy atom. The van der Waals surface area contributed by atoms with Crippen LogP contribution in [0.4, 0.5) is 9.18 Å². The summed E-state index contributed by atoms with van der Waals surface area (Å²) < 4.78 is 27.2. The number of amides is 4. The molecule has 15 heteroatoms. The number of aryl methyl sites for hydroxylation is 1. The van der Waals surface area contributed by atoms with Crippen molar-refractivity contribution in [2.45, 2.75) is 131 Å². The van der Waals surface area contributed by atoms with E-state index in [1.54, 1.807) is 94.7 Å². The number of benzene rings is 1. The average Bonchev–Trinajstić information content (AvgIpc) is 3.41. The average molecular weight is 802 g/mol. The molecule has 1 aromatic carbocycles. The van der Waals surface area contributed by atoms with Crippen LogP contribution in [0.25, 0.3) is 10.9 Å². The minimum absolute atomic E-state index is 0.0413. The van der Waals surface area contributed by atoms with Crippen molar-refractivity contribution in [3.63, 3.8) is 0 Å². The molecule has 0 spiro atoms. The maximum absolute atomic E-state index is 14.8. The topological polar surface area (TPSA) is 177 Å². The van der Waals surface area contributed by atoms with E-state index in [-0.39, 0.29) is 30.9 Å². The van der Waals surface area contributed by atoms with Crippen molar-refractivity contribution >= 4 is 46.7 Å². The molecule has 0 saturated heterocycles. The van der Waals surface area contributed by atoms with Crippen LogP contribution in [0.15, 0.2) is 36.0 Å². The van der Waals surface area contributed by atoms with Crippen LogP contribution in [0.2, 0.25) is 0 Å². The molecule has 2 aromatic rings. The summed E-state index contributed by atoms with van der Waals surface area (Å²) in [5, 5.41) is 15.2. The van der Waals surface area contributed by atoms with E-state index in [0.29, 0.717) is 10.9 Å². The van der Waals surface area contributed by atoms with Gasteiger partial charge in [-0.2, -0.15) is 0 Å². The summed E-state index contributed by atoms with van der Waals surface area (Å²) in [6.07, 6.45) is 2.06. The number of hydrogen-bond donors (Lipinski definition) is 3. The van der Waals surface area contributed by atoms with Crippen LogP contribution in [-0.2, 0) is 45.9 Å². The van der Waals surface area contributed by atoms with Gasteiger partial charge in [-0.15, -0.1) is 0 Å². The van der Waals surface area contributed by atoms with Crippen LogP contribution in [-0.4, -0.2) is 106 Å². The number of carbonyl (C=O) groups is 6. The van der Waals surface area contributed by atoms with Crippen LogP contribution in [0.1, 0.15) is 101 Å². The van der Waals surface area contributed by atoms with Gasteiger partial charge in [0.1, 0.15) is 29.5 Å². The molecule has 0 fully saturated rings. The van der Waals surface area contributed by atoms with Crippen LogP contribution < -0.4 is 10.6 Å². The molecule has 4 amide bonds. The largest absolute Gasteiger partial charge is 0.481 e. The molecule has 0 saturated carbocycles. The highest BCUT2D eigenvalue weighted by Gasteiger charge is 2.47. The summed E-state index contributed by atoms with van der Waals surface area (Å²) in [5.74, 6) is -4.37. The number of aliphatic carboxylic acids is 1. The van der Waals surface area contributed by atoms with E-state index < -0.39 is 82.2 Å². The van der Waals surface area contributed by atoms with E-state index in [4.69, 9.17) is 14.6 Å². The van der Waals surface area contributed by atoms with Gasteiger partial charge in [-0.3, -0.25) is 24.1 Å². The molecule has 0 aliphatic rings. The van der Waals surface area contributed by atoms with E-state index in [2.05, 4.69) is 10.6 Å². The van der Waals surface area contributed by atoms with Gasteiger partial charge in [0, 0.05) is 55.7 Å². The summed E-state index contributed by atoms with van der Waals surface area (Å²) in [7, 11) is 4.82. The third kappa shape index (κ3) is 12.5. The zero-order valence-electron chi connectivity index (χ0n) is 36.3. The van der Waals surface area contributed by atoms with E-state index in [0.717, 1.165) is 5.52 Å². The van der Waals surface area contributed by atoms with Crippen LogP contribution in [0.3, 0.4) is 0 Å². The molecule has 57 heavy (non-hydrogen) atoms. The molecule has 2 rings (SSSR count). The van der Waals surface area contributed by atoms with Gasteiger partial charge in [-0.25, -0.2) is 14.0 Å². The molecular formula is C42H64FN5O9. The number of rotatable bonds is 16. The number of nitrogens with one attached hydrogen (secondary N) is 2. The number of esters is 1. The van der Waals surface area contributed by atoms with Gasteiger partial charge in [0.05, 0.1) is 12.6 Å². The fraction of sp³-hybridized carbons (Fsp3) is 0.619. The molecule has 14 nitrogen and oxygen atoms in total. The lowest BCUT2D eigenvalue weighted by Gasteiger charge is -2.42. The number of nitrogens with zero attached hydrogens (tertiary/aromatic N) is 3. The summed E-state index contributed by atoms with van der Waals surface area (Å²) in [5.41, 5.74) is -1.44. The maximum atomic E-state index is 14.8. The van der Waals surface area contributed by atoms with E-state index in [9.17, 15) is 33.2 Å². The first-order valence-corrected chi connectivity index (χ1v) is 19.2. The molecule has 1 aromatic heterocycles. The Bertz CT molecular complexity index is 1840. The van der Waals surface area contributed by atoms with Gasteiger partial charge < -0.3 is 34.7 Å². The molecule has 0 unspecified atom stereocenters. The SMILES string of the molecule is CCOC(=O)[C@@H](CCC(=O)O)NC(=O)/C(C)=C/[C@H](C(C)C)N(C)C(=O)[C@@H](NC(=O)[C@@H](N(C)C(=O)OC(C)(C)C)C(C)(C)c1cn(C)c2ccc(F)cc12)C(C)(C)C. The number of likely N-dealkylation sites (N-methyl/N-ethyl adjacent to an activating group) is 2. The monoisotopic (exact) mass is 801 g/mol. The summed E-state index contributed by atoms with van der Waals surface area (Å²) in [4.78, 5) is 82.7. The normalized spacial score (nSPS) is 14.6. The Balaban J connectivity index is 2.60. The first kappa shape index (κ1) is 48.2. The zero-order chi connectivity index (χ0) is 44.0. The number of carboxylic acid groups (broad SMARTS) is 1. The fourth-order valence-corrected chi connectivity index (χ4v) is 6.79. The Morgan fingerprint density at radius 1 is 0.965 bits per heavy atom. The maximum Gasteiger partial charge on any atom is 0.410 e. The van der Waals surface area contributed by atoms with Gasteiger partial charge >= 0.3 is 18.0 Å². The number of aromatic nitrogens is 1. The van der Waals surface area contributed by atoms with Crippen molar-refractivity contribution in [1.29, 1.82) is 0 Å². The molecular weight excluding hydrogens is 737 g/mol. The number of carboxylic acids is 1. The van der Waals surface area contributed by atoms with Gasteiger partial charge in [-0.05, 0) is 76.1 Å². The second-order valence-electron chi connectivity index (χ2n) is 17.6. The predicted octanol–water partition coefficient (Wildman–Crippen LogP) is 5.70. The van der Waals surface area contributed by atoms with Crippen LogP contribution >= 0.6 is 0 Å². The lowest BCUT2D eigenvalue weighted by molar-refractivity contribution is -0.147. The molecule has 0 radical (unpaired) electrons. The lowest BCUT2D eigenvalue weighted by atomic mass is 9.76. The smallest absolute Gasteiger partial charge is 0.410 e. The fourth-order valence-electron chi connectivity index (χ4n) is 6.79. The summed E-state index contributed by atoms with van der Waals surface area (Å²) >= 11 is 0. The van der Waals surface area contributed by atoms with Gasteiger partial charge in [-0.1, -0.05) is 54.5 Å². The van der Waals surface area contributed by atoms with Crippen molar-refractivity contribution < 1.29 is 47.7 Å². The van der Waals surface area contributed by atoms with Crippen LogP contribution in [0.5, 0.6) is 0 Å². The Labute approximate surface area is 336 Å². The van der Waals surface area contributed by atoms with Crippen molar-refractivity contribution in [1.82, 2.24) is 25.0 Å². The molecule has 0 bridgehead atoms. The Kier molecular flexibility index (Phi) is 16.1. The highest BCUT2D eigenvalue weighted by atomic mass is 19.1. The van der Waals surface area contributed by atoms with E-state index in [1.165, 1.54) is 35.9 Å². The van der Waals surface area contributed by atoms with Crippen LogP contribution in [0, 0.1) is 17.2 Å². The molecule has 0 aliphatic carbocycles. The summed E-state index contributed by atoms with van der Waals surface area (Å²) in [6, 6.07) is 0.111. The number of ether oxygens (including phenoxy) is 2.